The Morgan fingerprint density at radius 3 is 3.05 bits per heavy atom. The first-order chi connectivity index (χ1) is 9.70. The number of thioether (sulfide) groups is 1. The van der Waals surface area contributed by atoms with Crippen LogP contribution in [0.15, 0.2) is 29.2 Å². The lowest BCUT2D eigenvalue weighted by Gasteiger charge is -2.16. The molecule has 1 saturated heterocycles. The van der Waals surface area contributed by atoms with Crippen molar-refractivity contribution >= 4 is 29.3 Å². The zero-order chi connectivity index (χ0) is 14.4. The largest absolute Gasteiger partial charge is 0.342 e. The number of rotatable bonds is 6. The van der Waals surface area contributed by atoms with Crippen LogP contribution in [0.3, 0.4) is 0 Å². The predicted molar refractivity (Wildman–Crippen MR) is 85.4 cm³/mol. The van der Waals surface area contributed by atoms with Crippen LogP contribution in [0.4, 0.5) is 0 Å². The minimum absolute atomic E-state index is 0.267. The minimum atomic E-state index is 0.267. The molecule has 2 rings (SSSR count). The number of hydrogen-bond donors (Lipinski definition) is 1. The quantitative estimate of drug-likeness (QED) is 0.820. The second kappa shape index (κ2) is 7.91. The Bertz CT molecular complexity index is 455. The van der Waals surface area contributed by atoms with Gasteiger partial charge in [0.1, 0.15) is 0 Å². The molecule has 1 atom stereocenters. The van der Waals surface area contributed by atoms with Crippen LogP contribution in [0.25, 0.3) is 0 Å². The summed E-state index contributed by atoms with van der Waals surface area (Å²) in [5.74, 6) is 1.67. The Kier molecular flexibility index (Phi) is 6.20. The molecule has 1 aliphatic rings. The van der Waals surface area contributed by atoms with Crippen molar-refractivity contribution in [2.75, 3.05) is 32.4 Å². The predicted octanol–water partition coefficient (Wildman–Crippen LogP) is 2.89. The Balaban J connectivity index is 1.72. The molecule has 0 spiro atoms. The van der Waals surface area contributed by atoms with Crippen molar-refractivity contribution in [2.45, 2.75) is 17.7 Å². The number of carbonyl (C=O) groups excluding carboxylic acids is 1. The molecule has 110 valence electrons. The highest BCUT2D eigenvalue weighted by Gasteiger charge is 2.25. The Morgan fingerprint density at radius 1 is 1.50 bits per heavy atom. The van der Waals surface area contributed by atoms with E-state index in [0.717, 1.165) is 41.7 Å². The van der Waals surface area contributed by atoms with E-state index in [0.29, 0.717) is 12.3 Å². The fraction of sp³-hybridized carbons (Fsp3) is 0.533. The third-order valence-electron chi connectivity index (χ3n) is 3.54. The molecule has 5 heteroatoms. The summed E-state index contributed by atoms with van der Waals surface area (Å²) in [6, 6.07) is 7.77. The second-order valence-corrected chi connectivity index (χ2v) is 6.62. The normalized spacial score (nSPS) is 18.5. The summed E-state index contributed by atoms with van der Waals surface area (Å²) in [5, 5.41) is 3.95. The van der Waals surface area contributed by atoms with Crippen molar-refractivity contribution < 1.29 is 4.79 Å². The fourth-order valence-corrected chi connectivity index (χ4v) is 3.66. The van der Waals surface area contributed by atoms with Gasteiger partial charge in [0.25, 0.3) is 0 Å². The highest BCUT2D eigenvalue weighted by Crippen LogP contribution is 2.27. The third kappa shape index (κ3) is 4.40. The number of nitrogens with one attached hydrogen (secondary N) is 1. The van der Waals surface area contributed by atoms with E-state index < -0.39 is 0 Å². The van der Waals surface area contributed by atoms with Gasteiger partial charge in [-0.2, -0.15) is 0 Å². The maximum absolute atomic E-state index is 12.1. The SMILES string of the molecule is CNCC1CCN(C(=O)CCSc2ccccc2Cl)C1. The standard InChI is InChI=1S/C15H21ClN2OS/c1-17-10-12-6-8-18(11-12)15(19)7-9-20-14-5-3-2-4-13(14)16/h2-5,12,17H,6-11H2,1H3. The Hall–Kier alpha value is -0.710. The highest BCUT2D eigenvalue weighted by atomic mass is 35.5. The zero-order valence-corrected chi connectivity index (χ0v) is 13.3. The van der Waals surface area contributed by atoms with Crippen LogP contribution < -0.4 is 5.32 Å². The zero-order valence-electron chi connectivity index (χ0n) is 11.8. The lowest BCUT2D eigenvalue weighted by atomic mass is 10.1. The number of carbonyl (C=O) groups is 1. The third-order valence-corrected chi connectivity index (χ3v) is 5.06. The summed E-state index contributed by atoms with van der Waals surface area (Å²) in [5.41, 5.74) is 0. The molecule has 1 N–H and O–H groups in total. The number of amides is 1. The van der Waals surface area contributed by atoms with E-state index in [4.69, 9.17) is 11.6 Å². The Morgan fingerprint density at radius 2 is 2.30 bits per heavy atom. The van der Waals surface area contributed by atoms with Gasteiger partial charge in [-0.15, -0.1) is 11.8 Å². The van der Waals surface area contributed by atoms with Crippen molar-refractivity contribution in [3.63, 3.8) is 0 Å². The number of halogens is 1. The number of hydrogen-bond acceptors (Lipinski definition) is 3. The maximum Gasteiger partial charge on any atom is 0.223 e. The van der Waals surface area contributed by atoms with Crippen molar-refractivity contribution in [1.29, 1.82) is 0 Å². The summed E-state index contributed by atoms with van der Waals surface area (Å²) in [7, 11) is 1.96. The van der Waals surface area contributed by atoms with Gasteiger partial charge in [0.05, 0.1) is 5.02 Å². The van der Waals surface area contributed by atoms with E-state index in [1.54, 1.807) is 11.8 Å². The van der Waals surface area contributed by atoms with Crippen LogP contribution in [-0.2, 0) is 4.79 Å². The molecule has 1 heterocycles. The molecule has 0 aromatic heterocycles. The van der Waals surface area contributed by atoms with E-state index in [2.05, 4.69) is 5.32 Å². The average Bonchev–Trinajstić information content (AvgIpc) is 2.90. The summed E-state index contributed by atoms with van der Waals surface area (Å²) in [6.07, 6.45) is 1.70. The molecule has 3 nitrogen and oxygen atoms in total. The van der Waals surface area contributed by atoms with Gasteiger partial charge in [-0.05, 0) is 38.1 Å². The fourth-order valence-electron chi connectivity index (χ4n) is 2.48. The molecular weight excluding hydrogens is 292 g/mol. The molecule has 1 fully saturated rings. The van der Waals surface area contributed by atoms with Gasteiger partial charge in [0.15, 0.2) is 0 Å². The molecule has 1 unspecified atom stereocenters. The van der Waals surface area contributed by atoms with E-state index in [9.17, 15) is 4.79 Å². The van der Waals surface area contributed by atoms with Crippen molar-refractivity contribution in [2.24, 2.45) is 5.92 Å². The lowest BCUT2D eigenvalue weighted by molar-refractivity contribution is -0.129. The lowest BCUT2D eigenvalue weighted by Crippen LogP contribution is -2.30. The highest BCUT2D eigenvalue weighted by molar-refractivity contribution is 7.99. The second-order valence-electron chi connectivity index (χ2n) is 5.08. The van der Waals surface area contributed by atoms with Crippen molar-refractivity contribution in [3.8, 4) is 0 Å². The number of likely N-dealkylation sites (tertiary alicyclic amines) is 1. The van der Waals surface area contributed by atoms with E-state index in [1.165, 1.54) is 0 Å². The van der Waals surface area contributed by atoms with Gasteiger partial charge in [-0.25, -0.2) is 0 Å². The molecule has 0 aliphatic carbocycles. The van der Waals surface area contributed by atoms with Gasteiger partial charge >= 0.3 is 0 Å². The monoisotopic (exact) mass is 312 g/mol. The molecule has 1 amide bonds. The topological polar surface area (TPSA) is 32.3 Å². The van der Waals surface area contributed by atoms with Crippen LogP contribution in [0, 0.1) is 5.92 Å². The molecule has 20 heavy (non-hydrogen) atoms. The van der Waals surface area contributed by atoms with Crippen LogP contribution >= 0.6 is 23.4 Å². The summed E-state index contributed by atoms with van der Waals surface area (Å²) in [6.45, 7) is 2.80. The number of benzene rings is 1. The van der Waals surface area contributed by atoms with Crippen LogP contribution in [-0.4, -0.2) is 43.2 Å². The van der Waals surface area contributed by atoms with Crippen LogP contribution in [0.5, 0.6) is 0 Å². The molecule has 1 aromatic rings. The molecule has 1 aliphatic heterocycles. The average molecular weight is 313 g/mol. The summed E-state index contributed by atoms with van der Waals surface area (Å²) in [4.78, 5) is 15.2. The summed E-state index contributed by atoms with van der Waals surface area (Å²) >= 11 is 7.75. The molecule has 0 saturated carbocycles. The smallest absolute Gasteiger partial charge is 0.223 e. The number of nitrogens with zero attached hydrogens (tertiary/aromatic N) is 1. The molecule has 1 aromatic carbocycles. The van der Waals surface area contributed by atoms with E-state index in [-0.39, 0.29) is 5.91 Å². The first-order valence-corrected chi connectivity index (χ1v) is 8.36. The van der Waals surface area contributed by atoms with E-state index in [1.807, 2.05) is 36.2 Å². The van der Waals surface area contributed by atoms with Gasteiger partial charge < -0.3 is 10.2 Å². The maximum atomic E-state index is 12.1. The Labute approximate surface area is 130 Å². The summed E-state index contributed by atoms with van der Waals surface area (Å²) < 4.78 is 0. The first kappa shape index (κ1) is 15.7. The minimum Gasteiger partial charge on any atom is -0.342 e. The van der Waals surface area contributed by atoms with Crippen LogP contribution in [0.2, 0.25) is 5.02 Å². The van der Waals surface area contributed by atoms with Crippen molar-refractivity contribution in [3.05, 3.63) is 29.3 Å². The van der Waals surface area contributed by atoms with Crippen LogP contribution in [0.1, 0.15) is 12.8 Å². The van der Waals surface area contributed by atoms with Gasteiger partial charge in [-0.3, -0.25) is 4.79 Å². The van der Waals surface area contributed by atoms with Gasteiger partial charge in [0, 0.05) is 30.2 Å². The first-order valence-electron chi connectivity index (χ1n) is 7.00. The molecular formula is C15H21ClN2OS. The molecule has 0 radical (unpaired) electrons. The van der Waals surface area contributed by atoms with Crippen molar-refractivity contribution in [1.82, 2.24) is 10.2 Å². The van der Waals surface area contributed by atoms with E-state index >= 15 is 0 Å². The van der Waals surface area contributed by atoms with Gasteiger partial charge in [-0.1, -0.05) is 23.7 Å². The molecule has 0 bridgehead atoms. The van der Waals surface area contributed by atoms with Gasteiger partial charge in [0.2, 0.25) is 5.91 Å².